The molecule has 98 valence electrons. The Hall–Kier alpha value is -1.71. The number of ether oxygens (including phenoxy) is 1. The summed E-state index contributed by atoms with van der Waals surface area (Å²) in [5.41, 5.74) is 3.62. The Morgan fingerprint density at radius 3 is 2.74 bits per heavy atom. The monoisotopic (exact) mass is 257 g/mol. The van der Waals surface area contributed by atoms with Crippen LogP contribution in [0.5, 0.6) is 0 Å². The van der Waals surface area contributed by atoms with Gasteiger partial charge in [-0.15, -0.1) is 0 Å². The van der Waals surface area contributed by atoms with Gasteiger partial charge in [0.15, 0.2) is 0 Å². The van der Waals surface area contributed by atoms with Crippen LogP contribution in [0, 0.1) is 5.82 Å². The first-order valence-electron chi connectivity index (χ1n) is 6.46. The van der Waals surface area contributed by atoms with Crippen LogP contribution in [0.3, 0.4) is 0 Å². The summed E-state index contributed by atoms with van der Waals surface area (Å²) in [6.07, 6.45) is 0. The normalized spacial score (nSPS) is 18.1. The van der Waals surface area contributed by atoms with E-state index in [-0.39, 0.29) is 11.9 Å². The zero-order valence-corrected chi connectivity index (χ0v) is 10.6. The summed E-state index contributed by atoms with van der Waals surface area (Å²) in [5.74, 6) is -0.199. The lowest BCUT2D eigenvalue weighted by Gasteiger charge is -2.26. The van der Waals surface area contributed by atoms with E-state index in [1.165, 1.54) is 23.3 Å². The molecule has 19 heavy (non-hydrogen) atoms. The molecule has 3 heteroatoms. The van der Waals surface area contributed by atoms with Gasteiger partial charge in [0, 0.05) is 6.54 Å². The molecule has 0 aromatic heterocycles. The summed E-state index contributed by atoms with van der Waals surface area (Å²) >= 11 is 0. The average Bonchev–Trinajstić information content (AvgIpc) is 2.47. The van der Waals surface area contributed by atoms with Crippen LogP contribution in [0.2, 0.25) is 0 Å². The van der Waals surface area contributed by atoms with Gasteiger partial charge >= 0.3 is 0 Å². The van der Waals surface area contributed by atoms with Crippen LogP contribution in [0.25, 0.3) is 0 Å². The third kappa shape index (κ3) is 2.83. The molecule has 0 spiro atoms. The van der Waals surface area contributed by atoms with Crippen molar-refractivity contribution in [3.63, 3.8) is 0 Å². The average molecular weight is 257 g/mol. The van der Waals surface area contributed by atoms with Gasteiger partial charge < -0.3 is 10.1 Å². The fourth-order valence-corrected chi connectivity index (χ4v) is 2.39. The molecule has 0 radical (unpaired) electrons. The summed E-state index contributed by atoms with van der Waals surface area (Å²) in [6.45, 7) is 2.08. The Morgan fingerprint density at radius 1 is 1.11 bits per heavy atom. The summed E-state index contributed by atoms with van der Waals surface area (Å²) < 4.78 is 18.4. The molecular weight excluding hydrogens is 241 g/mol. The standard InChI is InChI=1S/C16H16FNO/c17-14-7-5-12(6-8-14)9-18-16-11-19-10-13-3-1-2-4-15(13)16/h1-8,16,18H,9-11H2. The summed E-state index contributed by atoms with van der Waals surface area (Å²) in [4.78, 5) is 0. The van der Waals surface area contributed by atoms with Crippen molar-refractivity contribution in [2.24, 2.45) is 0 Å². The molecule has 2 nitrogen and oxygen atoms in total. The molecule has 0 saturated heterocycles. The van der Waals surface area contributed by atoms with E-state index in [1.807, 2.05) is 6.07 Å². The first-order valence-corrected chi connectivity index (χ1v) is 6.46. The maximum Gasteiger partial charge on any atom is 0.123 e. The van der Waals surface area contributed by atoms with Crippen molar-refractivity contribution in [1.82, 2.24) is 5.32 Å². The molecule has 0 bridgehead atoms. The van der Waals surface area contributed by atoms with E-state index < -0.39 is 0 Å². The Kier molecular flexibility index (Phi) is 3.58. The molecule has 0 saturated carbocycles. The van der Waals surface area contributed by atoms with Crippen LogP contribution in [0.15, 0.2) is 48.5 Å². The van der Waals surface area contributed by atoms with Crippen molar-refractivity contribution in [3.8, 4) is 0 Å². The van der Waals surface area contributed by atoms with E-state index in [4.69, 9.17) is 4.74 Å². The minimum Gasteiger partial charge on any atom is -0.375 e. The second-order valence-electron chi connectivity index (χ2n) is 4.77. The van der Waals surface area contributed by atoms with E-state index in [0.717, 1.165) is 5.56 Å². The number of fused-ring (bicyclic) bond motifs is 1. The molecule has 2 aromatic rings. The van der Waals surface area contributed by atoms with Crippen molar-refractivity contribution in [1.29, 1.82) is 0 Å². The highest BCUT2D eigenvalue weighted by Crippen LogP contribution is 2.24. The van der Waals surface area contributed by atoms with Gasteiger partial charge in [-0.1, -0.05) is 36.4 Å². The minimum absolute atomic E-state index is 0.199. The summed E-state index contributed by atoms with van der Waals surface area (Å²) in [5, 5.41) is 3.47. The SMILES string of the molecule is Fc1ccc(CNC2COCc3ccccc32)cc1. The molecule has 1 heterocycles. The van der Waals surface area contributed by atoms with E-state index in [1.54, 1.807) is 12.1 Å². The molecule has 0 fully saturated rings. The predicted octanol–water partition coefficient (Wildman–Crippen LogP) is 3.19. The zero-order chi connectivity index (χ0) is 13.1. The number of halogens is 1. The van der Waals surface area contributed by atoms with E-state index >= 15 is 0 Å². The molecule has 1 atom stereocenters. The lowest BCUT2D eigenvalue weighted by Crippen LogP contribution is -2.29. The van der Waals surface area contributed by atoms with Gasteiger partial charge in [-0.3, -0.25) is 0 Å². The van der Waals surface area contributed by atoms with Crippen LogP contribution < -0.4 is 5.32 Å². The van der Waals surface area contributed by atoms with Crippen molar-refractivity contribution in [2.45, 2.75) is 19.2 Å². The number of nitrogens with one attached hydrogen (secondary N) is 1. The van der Waals surface area contributed by atoms with E-state index in [0.29, 0.717) is 19.8 Å². The maximum absolute atomic E-state index is 12.8. The molecule has 1 aliphatic rings. The van der Waals surface area contributed by atoms with Crippen molar-refractivity contribution in [2.75, 3.05) is 6.61 Å². The number of hydrogen-bond donors (Lipinski definition) is 1. The molecule has 0 aliphatic carbocycles. The van der Waals surface area contributed by atoms with Gasteiger partial charge in [-0.05, 0) is 28.8 Å². The highest BCUT2D eigenvalue weighted by Gasteiger charge is 2.19. The quantitative estimate of drug-likeness (QED) is 0.911. The molecule has 1 aliphatic heterocycles. The second kappa shape index (κ2) is 5.51. The number of hydrogen-bond acceptors (Lipinski definition) is 2. The van der Waals surface area contributed by atoms with Crippen molar-refractivity contribution >= 4 is 0 Å². The lowest BCUT2D eigenvalue weighted by atomic mass is 9.99. The van der Waals surface area contributed by atoms with E-state index in [9.17, 15) is 4.39 Å². The first-order chi connectivity index (χ1) is 9.33. The molecular formula is C16H16FNO. The van der Waals surface area contributed by atoms with Crippen molar-refractivity contribution in [3.05, 3.63) is 71.0 Å². The van der Waals surface area contributed by atoms with Crippen LogP contribution in [0.4, 0.5) is 4.39 Å². The Balaban J connectivity index is 1.69. The van der Waals surface area contributed by atoms with Gasteiger partial charge in [-0.2, -0.15) is 0 Å². The fourth-order valence-electron chi connectivity index (χ4n) is 2.39. The Morgan fingerprint density at radius 2 is 1.89 bits per heavy atom. The number of benzene rings is 2. The fraction of sp³-hybridized carbons (Fsp3) is 0.250. The Labute approximate surface area is 112 Å². The largest absolute Gasteiger partial charge is 0.375 e. The Bertz CT molecular complexity index is 553. The smallest absolute Gasteiger partial charge is 0.123 e. The first kappa shape index (κ1) is 12.3. The molecule has 1 N–H and O–H groups in total. The van der Waals surface area contributed by atoms with Gasteiger partial charge in [-0.25, -0.2) is 4.39 Å². The van der Waals surface area contributed by atoms with Gasteiger partial charge in [0.2, 0.25) is 0 Å². The summed E-state index contributed by atoms with van der Waals surface area (Å²) in [7, 11) is 0. The molecule has 3 rings (SSSR count). The zero-order valence-electron chi connectivity index (χ0n) is 10.6. The number of rotatable bonds is 3. The van der Waals surface area contributed by atoms with Gasteiger partial charge in [0.05, 0.1) is 19.3 Å². The van der Waals surface area contributed by atoms with Gasteiger partial charge in [0.1, 0.15) is 5.82 Å². The minimum atomic E-state index is -0.199. The van der Waals surface area contributed by atoms with Crippen LogP contribution >= 0.6 is 0 Å². The highest BCUT2D eigenvalue weighted by atomic mass is 19.1. The second-order valence-corrected chi connectivity index (χ2v) is 4.77. The highest BCUT2D eigenvalue weighted by molar-refractivity contribution is 5.31. The molecule has 1 unspecified atom stereocenters. The van der Waals surface area contributed by atoms with Crippen molar-refractivity contribution < 1.29 is 9.13 Å². The third-order valence-corrected chi connectivity index (χ3v) is 3.44. The molecule has 2 aromatic carbocycles. The van der Waals surface area contributed by atoms with Crippen LogP contribution in [-0.4, -0.2) is 6.61 Å². The maximum atomic E-state index is 12.8. The predicted molar refractivity (Wildman–Crippen MR) is 72.1 cm³/mol. The van der Waals surface area contributed by atoms with E-state index in [2.05, 4.69) is 23.5 Å². The third-order valence-electron chi connectivity index (χ3n) is 3.44. The topological polar surface area (TPSA) is 21.3 Å². The molecule has 0 amide bonds. The summed E-state index contributed by atoms with van der Waals surface area (Å²) in [6, 6.07) is 15.1. The van der Waals surface area contributed by atoms with Crippen LogP contribution in [-0.2, 0) is 17.9 Å². The lowest BCUT2D eigenvalue weighted by molar-refractivity contribution is 0.0817. The van der Waals surface area contributed by atoms with Gasteiger partial charge in [0.25, 0.3) is 0 Å². The van der Waals surface area contributed by atoms with Crippen LogP contribution in [0.1, 0.15) is 22.7 Å².